The molecule has 1 aromatic heterocycles. The van der Waals surface area contributed by atoms with E-state index < -0.39 is 36.7 Å². The molecule has 1 heterocycles. The maximum atomic E-state index is 12.8. The summed E-state index contributed by atoms with van der Waals surface area (Å²) in [5.41, 5.74) is 0. The number of carbonyl (C=O) groups is 3. The number of allylic oxidation sites excluding steroid dienone is 8. The Balaban J connectivity index is 2.64. The topological polar surface area (TPSA) is 134 Å². The van der Waals surface area contributed by atoms with Crippen LogP contribution in [0.4, 0.5) is 4.79 Å². The average Bonchev–Trinajstić information content (AvgIpc) is 3.81. The third-order valence-electron chi connectivity index (χ3n) is 9.44. The summed E-state index contributed by atoms with van der Waals surface area (Å²) in [6.45, 7) is 10.8. The van der Waals surface area contributed by atoms with Crippen LogP contribution in [-0.2, 0) is 42.7 Å². The molecule has 12 heteroatoms. The van der Waals surface area contributed by atoms with Crippen molar-refractivity contribution in [3.05, 3.63) is 67.3 Å². The largest absolute Gasteiger partial charge is 0.466 e. The van der Waals surface area contributed by atoms with E-state index in [4.69, 9.17) is 33.2 Å². The molecule has 0 aliphatic heterocycles. The molecular formula is C49H82N2O10. The van der Waals surface area contributed by atoms with E-state index in [1.54, 1.807) is 0 Å². The molecule has 0 saturated carbocycles. The summed E-state index contributed by atoms with van der Waals surface area (Å²) >= 11 is 0. The Hall–Kier alpha value is -3.58. The van der Waals surface area contributed by atoms with Gasteiger partial charge in [-0.1, -0.05) is 76.3 Å². The third-order valence-corrected chi connectivity index (χ3v) is 9.44. The molecule has 0 atom stereocenters. The average molecular weight is 859 g/mol. The Morgan fingerprint density at radius 3 is 1.21 bits per heavy atom. The number of rotatable bonds is 41. The van der Waals surface area contributed by atoms with Crippen molar-refractivity contribution >= 4 is 18.0 Å². The smallest absolute Gasteiger partial charge is 0.419 e. The molecule has 12 nitrogen and oxygen atoms in total. The van der Waals surface area contributed by atoms with Crippen LogP contribution in [0.15, 0.2) is 67.3 Å². The molecular weight excluding hydrogens is 777 g/mol. The highest BCUT2D eigenvalue weighted by Crippen LogP contribution is 2.14. The molecule has 0 saturated heterocycles. The number of hydrogen-bond acceptors (Lipinski definition) is 11. The van der Waals surface area contributed by atoms with Crippen LogP contribution in [-0.4, -0.2) is 85.9 Å². The van der Waals surface area contributed by atoms with Gasteiger partial charge in [-0.05, 0) is 103 Å². The Morgan fingerprint density at radius 2 is 0.885 bits per heavy atom. The molecule has 0 bridgehead atoms. The van der Waals surface area contributed by atoms with Crippen molar-refractivity contribution in [2.24, 2.45) is 0 Å². The van der Waals surface area contributed by atoms with Gasteiger partial charge in [0.25, 0.3) is 0 Å². The van der Waals surface area contributed by atoms with Gasteiger partial charge in [-0.3, -0.25) is 9.59 Å². The van der Waals surface area contributed by atoms with E-state index in [2.05, 4.69) is 81.3 Å². The first-order valence-corrected chi connectivity index (χ1v) is 23.5. The van der Waals surface area contributed by atoms with Gasteiger partial charge >= 0.3 is 18.0 Å². The summed E-state index contributed by atoms with van der Waals surface area (Å²) in [5, 5.41) is 0. The van der Waals surface area contributed by atoms with Gasteiger partial charge in [-0.25, -0.2) is 14.3 Å². The van der Waals surface area contributed by atoms with E-state index in [0.29, 0.717) is 39.3 Å². The van der Waals surface area contributed by atoms with Gasteiger partial charge in [0.2, 0.25) is 0 Å². The zero-order chi connectivity index (χ0) is 44.3. The molecule has 61 heavy (non-hydrogen) atoms. The van der Waals surface area contributed by atoms with Crippen molar-refractivity contribution in [3.63, 3.8) is 0 Å². The second kappa shape index (κ2) is 41.8. The standard InChI is InChI=1S/C49H82N2O10/c1-5-9-13-17-21-25-37-57-47(58-38-26-22-18-14-10-6-2)31-29-45(52)55-41-33-44(61-49(54)51-36-35-50-43-51)34-42-56-46(53)30-32-48(59-39-27-23-19-15-11-7-3)60-40-28-24-20-16-12-8-4/h9-16,35-36,43-44,47-48H,5-8,17-34,37-42H2,1-4H3/b13-9-,14-10-,15-11-,16-12-. The Bertz CT molecular complexity index is 1170. The Kier molecular flexibility index (Phi) is 37.9. The van der Waals surface area contributed by atoms with Gasteiger partial charge in [-0.15, -0.1) is 0 Å². The van der Waals surface area contributed by atoms with Gasteiger partial charge in [-0.2, -0.15) is 0 Å². The minimum atomic E-state index is -0.673. The van der Waals surface area contributed by atoms with Crippen molar-refractivity contribution in [2.75, 3.05) is 39.6 Å². The fourth-order valence-corrected chi connectivity index (χ4v) is 5.94. The predicted octanol–water partition coefficient (Wildman–Crippen LogP) is 11.9. The maximum absolute atomic E-state index is 12.8. The van der Waals surface area contributed by atoms with E-state index in [-0.39, 0.29) is 38.9 Å². The zero-order valence-corrected chi connectivity index (χ0v) is 38.4. The minimum absolute atomic E-state index is 0.0255. The Labute approximate surface area is 368 Å². The second-order valence-electron chi connectivity index (χ2n) is 14.9. The molecule has 0 aliphatic carbocycles. The first-order valence-electron chi connectivity index (χ1n) is 23.5. The van der Waals surface area contributed by atoms with Crippen molar-refractivity contribution in [2.45, 2.75) is 188 Å². The third kappa shape index (κ3) is 34.7. The number of esters is 2. The number of hydrogen-bond donors (Lipinski definition) is 0. The second-order valence-corrected chi connectivity index (χ2v) is 14.9. The lowest BCUT2D eigenvalue weighted by Gasteiger charge is -2.20. The summed E-state index contributed by atoms with van der Waals surface area (Å²) in [7, 11) is 0. The monoisotopic (exact) mass is 859 g/mol. The maximum Gasteiger partial charge on any atom is 0.419 e. The summed E-state index contributed by atoms with van der Waals surface area (Å²) in [6, 6.07) is 0. The van der Waals surface area contributed by atoms with E-state index in [9.17, 15) is 14.4 Å². The molecule has 0 N–H and O–H groups in total. The molecule has 0 aromatic carbocycles. The van der Waals surface area contributed by atoms with Crippen molar-refractivity contribution < 1.29 is 47.5 Å². The lowest BCUT2D eigenvalue weighted by atomic mass is 10.2. The number of carbonyl (C=O) groups excluding carboxylic acids is 3. The van der Waals surface area contributed by atoms with Gasteiger partial charge in [0.15, 0.2) is 12.6 Å². The van der Waals surface area contributed by atoms with Crippen molar-refractivity contribution in [3.8, 4) is 0 Å². The van der Waals surface area contributed by atoms with Gasteiger partial charge in [0, 0.05) is 64.5 Å². The van der Waals surface area contributed by atoms with Crippen molar-refractivity contribution in [1.82, 2.24) is 9.55 Å². The minimum Gasteiger partial charge on any atom is -0.466 e. The van der Waals surface area contributed by atoms with E-state index in [1.165, 1.54) is 23.3 Å². The highest BCUT2D eigenvalue weighted by Gasteiger charge is 2.20. The quantitative estimate of drug-likeness (QED) is 0.0205. The lowest BCUT2D eigenvalue weighted by Crippen LogP contribution is -2.26. The fraction of sp³-hybridized carbons (Fsp3) is 0.714. The first-order chi connectivity index (χ1) is 29.9. The van der Waals surface area contributed by atoms with Crippen LogP contribution in [0.2, 0.25) is 0 Å². The van der Waals surface area contributed by atoms with Gasteiger partial charge < -0.3 is 33.2 Å². The zero-order valence-electron chi connectivity index (χ0n) is 38.4. The van der Waals surface area contributed by atoms with E-state index in [1.807, 2.05) is 0 Å². The van der Waals surface area contributed by atoms with Crippen LogP contribution in [0, 0.1) is 0 Å². The van der Waals surface area contributed by atoms with E-state index >= 15 is 0 Å². The molecule has 0 fully saturated rings. The number of imidazole rings is 1. The molecule has 1 rings (SSSR count). The van der Waals surface area contributed by atoms with Gasteiger partial charge in [0.1, 0.15) is 12.4 Å². The van der Waals surface area contributed by atoms with Crippen LogP contribution in [0.5, 0.6) is 0 Å². The van der Waals surface area contributed by atoms with Crippen LogP contribution < -0.4 is 0 Å². The number of aromatic nitrogens is 2. The van der Waals surface area contributed by atoms with Crippen LogP contribution in [0.1, 0.15) is 169 Å². The highest BCUT2D eigenvalue weighted by molar-refractivity contribution is 5.70. The van der Waals surface area contributed by atoms with Gasteiger partial charge in [0.05, 0.1) is 26.1 Å². The molecule has 0 spiro atoms. The first kappa shape index (κ1) is 55.4. The highest BCUT2D eigenvalue weighted by atomic mass is 16.7. The summed E-state index contributed by atoms with van der Waals surface area (Å²) in [5.74, 6) is -0.781. The number of nitrogens with zero attached hydrogens (tertiary/aromatic N) is 2. The van der Waals surface area contributed by atoms with Crippen LogP contribution >= 0.6 is 0 Å². The predicted molar refractivity (Wildman–Crippen MR) is 242 cm³/mol. The summed E-state index contributed by atoms with van der Waals surface area (Å²) < 4.78 is 42.2. The number of unbranched alkanes of at least 4 members (excludes halogenated alkanes) is 8. The van der Waals surface area contributed by atoms with Crippen LogP contribution in [0.25, 0.3) is 0 Å². The van der Waals surface area contributed by atoms with Crippen LogP contribution in [0.3, 0.4) is 0 Å². The molecule has 1 aromatic rings. The fourth-order valence-electron chi connectivity index (χ4n) is 5.94. The molecule has 0 amide bonds. The summed E-state index contributed by atoms with van der Waals surface area (Å²) in [6.07, 6.45) is 36.9. The van der Waals surface area contributed by atoms with E-state index in [0.717, 1.165) is 103 Å². The molecule has 0 unspecified atom stereocenters. The molecule has 0 aliphatic rings. The number of ether oxygens (including phenoxy) is 7. The Morgan fingerprint density at radius 1 is 0.508 bits per heavy atom. The molecule has 0 radical (unpaired) electrons. The SMILES string of the molecule is CC/C=C\CCCCOC(CCC(=O)OCCC(CCOC(=O)CCC(OCCCC/C=C\CC)OCCCC/C=C\CC)OC(=O)n1ccnc1)OCCCC/C=C\CC. The van der Waals surface area contributed by atoms with Crippen molar-refractivity contribution in [1.29, 1.82) is 0 Å². The summed E-state index contributed by atoms with van der Waals surface area (Å²) in [4.78, 5) is 42.4. The molecule has 348 valence electrons. The normalized spacial score (nSPS) is 12.1. The lowest BCUT2D eigenvalue weighted by molar-refractivity contribution is -0.160.